The van der Waals surface area contributed by atoms with Gasteiger partial charge >= 0.3 is 0 Å². The third-order valence-electron chi connectivity index (χ3n) is 4.31. The minimum atomic E-state index is -0.396. The van der Waals surface area contributed by atoms with E-state index in [1.54, 1.807) is 36.4 Å². The van der Waals surface area contributed by atoms with Gasteiger partial charge < -0.3 is 10.2 Å². The van der Waals surface area contributed by atoms with Crippen LogP contribution in [0.2, 0.25) is 0 Å². The molecule has 128 valence electrons. The molecule has 0 saturated carbocycles. The second-order valence-electron chi connectivity index (χ2n) is 5.87. The van der Waals surface area contributed by atoms with Gasteiger partial charge in [0.1, 0.15) is 12.1 Å². The molecule has 1 N–H and O–H groups in total. The minimum Gasteiger partial charge on any atom is -0.367 e. The van der Waals surface area contributed by atoms with Crippen LogP contribution in [0.3, 0.4) is 0 Å². The number of nitrogens with one attached hydrogen (secondary N) is 1. The highest BCUT2D eigenvalue weighted by Gasteiger charge is 2.19. The summed E-state index contributed by atoms with van der Waals surface area (Å²) in [5.74, 6) is -0.367. The molecule has 1 aliphatic rings. The molecule has 2 heterocycles. The number of hydrogen-bond donors (Lipinski definition) is 1. The first-order valence-corrected chi connectivity index (χ1v) is 8.15. The number of para-hydroxylation sites is 1. The molecule has 0 aliphatic carbocycles. The van der Waals surface area contributed by atoms with E-state index in [2.05, 4.69) is 15.3 Å². The van der Waals surface area contributed by atoms with Crippen LogP contribution < -0.4 is 15.3 Å². The number of rotatable bonds is 3. The predicted molar refractivity (Wildman–Crippen MR) is 94.3 cm³/mol. The molecule has 1 saturated heterocycles. The number of hydrogen-bond acceptors (Lipinski definition) is 5. The van der Waals surface area contributed by atoms with E-state index in [1.807, 2.05) is 4.90 Å². The van der Waals surface area contributed by atoms with Crippen LogP contribution in [0.25, 0.3) is 10.9 Å². The van der Waals surface area contributed by atoms with Gasteiger partial charge in [0, 0.05) is 31.6 Å². The zero-order valence-electron chi connectivity index (χ0n) is 13.5. The highest BCUT2D eigenvalue weighted by Crippen LogP contribution is 2.33. The molecule has 0 bridgehead atoms. The largest absolute Gasteiger partial charge is 0.367 e. The molecular formula is C18H17F2N5. The van der Waals surface area contributed by atoms with Crippen molar-refractivity contribution >= 4 is 28.1 Å². The molecule has 2 aromatic carbocycles. The van der Waals surface area contributed by atoms with Gasteiger partial charge in [-0.3, -0.25) is 0 Å². The summed E-state index contributed by atoms with van der Waals surface area (Å²) in [6.45, 7) is 3.05. The molecule has 4 rings (SSSR count). The SMILES string of the molecule is Fc1cc2c(N(F)c3ccccc3)ncnc2cc1N1CCNCC1. The summed E-state index contributed by atoms with van der Waals surface area (Å²) in [5.41, 5.74) is 1.33. The Hall–Kier alpha value is -2.80. The number of nitrogens with zero attached hydrogens (tertiary/aromatic N) is 4. The quantitative estimate of drug-likeness (QED) is 0.741. The van der Waals surface area contributed by atoms with Crippen LogP contribution in [-0.4, -0.2) is 36.1 Å². The maximum atomic E-state index is 14.8. The lowest BCUT2D eigenvalue weighted by Crippen LogP contribution is -2.43. The third kappa shape index (κ3) is 2.98. The van der Waals surface area contributed by atoms with Crippen molar-refractivity contribution in [1.82, 2.24) is 15.3 Å². The Kier molecular flexibility index (Phi) is 4.15. The summed E-state index contributed by atoms with van der Waals surface area (Å²) in [4.78, 5) is 10.2. The van der Waals surface area contributed by atoms with Crippen LogP contribution in [0.5, 0.6) is 0 Å². The van der Waals surface area contributed by atoms with Gasteiger partial charge in [-0.15, -0.1) is 0 Å². The lowest BCUT2D eigenvalue weighted by Gasteiger charge is -2.30. The Morgan fingerprint density at radius 3 is 2.56 bits per heavy atom. The maximum Gasteiger partial charge on any atom is 0.174 e. The number of benzene rings is 2. The fourth-order valence-corrected chi connectivity index (χ4v) is 3.04. The van der Waals surface area contributed by atoms with Gasteiger partial charge in [0.05, 0.1) is 16.9 Å². The first-order chi connectivity index (χ1) is 12.2. The lowest BCUT2D eigenvalue weighted by atomic mass is 10.1. The molecule has 5 nitrogen and oxygen atoms in total. The van der Waals surface area contributed by atoms with E-state index < -0.39 is 5.82 Å². The van der Waals surface area contributed by atoms with Crippen LogP contribution in [-0.2, 0) is 0 Å². The third-order valence-corrected chi connectivity index (χ3v) is 4.31. The summed E-state index contributed by atoms with van der Waals surface area (Å²) in [7, 11) is 0. The lowest BCUT2D eigenvalue weighted by molar-refractivity contribution is 0.500. The van der Waals surface area contributed by atoms with Gasteiger partial charge in [-0.25, -0.2) is 14.4 Å². The van der Waals surface area contributed by atoms with Crippen molar-refractivity contribution in [2.75, 3.05) is 36.2 Å². The van der Waals surface area contributed by atoms with E-state index in [1.165, 1.54) is 12.4 Å². The van der Waals surface area contributed by atoms with Crippen LogP contribution >= 0.6 is 0 Å². The number of halogens is 2. The second-order valence-corrected chi connectivity index (χ2v) is 5.87. The molecule has 3 aromatic rings. The summed E-state index contributed by atoms with van der Waals surface area (Å²) in [5, 5.41) is 4.03. The maximum absolute atomic E-state index is 14.8. The van der Waals surface area contributed by atoms with Crippen molar-refractivity contribution < 1.29 is 8.87 Å². The van der Waals surface area contributed by atoms with E-state index in [4.69, 9.17) is 0 Å². The van der Waals surface area contributed by atoms with Gasteiger partial charge in [-0.1, -0.05) is 22.7 Å². The van der Waals surface area contributed by atoms with E-state index >= 15 is 0 Å². The van der Waals surface area contributed by atoms with E-state index in [0.717, 1.165) is 26.2 Å². The van der Waals surface area contributed by atoms with Gasteiger partial charge in [-0.05, 0) is 24.3 Å². The molecule has 1 aromatic heterocycles. The molecule has 0 spiro atoms. The fourth-order valence-electron chi connectivity index (χ4n) is 3.04. The van der Waals surface area contributed by atoms with Crippen LogP contribution in [0.1, 0.15) is 0 Å². The summed E-state index contributed by atoms with van der Waals surface area (Å²) in [6.07, 6.45) is 1.30. The van der Waals surface area contributed by atoms with Crippen molar-refractivity contribution in [3.8, 4) is 0 Å². The predicted octanol–water partition coefficient (Wildman–Crippen LogP) is 3.20. The molecule has 1 aliphatic heterocycles. The van der Waals surface area contributed by atoms with Crippen molar-refractivity contribution in [3.05, 3.63) is 54.6 Å². The average Bonchev–Trinajstić information content (AvgIpc) is 2.68. The Labute approximate surface area is 143 Å². The smallest absolute Gasteiger partial charge is 0.174 e. The summed E-state index contributed by atoms with van der Waals surface area (Å²) < 4.78 is 29.5. The number of aromatic nitrogens is 2. The Bertz CT molecular complexity index is 881. The highest BCUT2D eigenvalue weighted by molar-refractivity contribution is 5.93. The Balaban J connectivity index is 1.78. The molecule has 0 radical (unpaired) electrons. The zero-order chi connectivity index (χ0) is 17.2. The van der Waals surface area contributed by atoms with Crippen LogP contribution in [0, 0.1) is 5.82 Å². The van der Waals surface area contributed by atoms with Gasteiger partial charge in [0.15, 0.2) is 5.82 Å². The second kappa shape index (κ2) is 6.60. The van der Waals surface area contributed by atoms with E-state index in [-0.39, 0.29) is 5.82 Å². The molecule has 25 heavy (non-hydrogen) atoms. The summed E-state index contributed by atoms with van der Waals surface area (Å²) >= 11 is 0. The van der Waals surface area contributed by atoms with Crippen LogP contribution in [0.4, 0.5) is 26.1 Å². The minimum absolute atomic E-state index is 0.0296. The number of anilines is 3. The summed E-state index contributed by atoms with van der Waals surface area (Å²) in [6, 6.07) is 11.5. The zero-order valence-corrected chi connectivity index (χ0v) is 13.5. The first kappa shape index (κ1) is 15.7. The average molecular weight is 341 g/mol. The molecule has 0 unspecified atom stereocenters. The Morgan fingerprint density at radius 1 is 1.04 bits per heavy atom. The first-order valence-electron chi connectivity index (χ1n) is 8.15. The van der Waals surface area contributed by atoms with Crippen molar-refractivity contribution in [1.29, 1.82) is 0 Å². The molecular weight excluding hydrogens is 324 g/mol. The van der Waals surface area contributed by atoms with Crippen molar-refractivity contribution in [3.63, 3.8) is 0 Å². The van der Waals surface area contributed by atoms with E-state index in [0.29, 0.717) is 27.4 Å². The number of fused-ring (bicyclic) bond motifs is 1. The van der Waals surface area contributed by atoms with E-state index in [9.17, 15) is 8.87 Å². The monoisotopic (exact) mass is 341 g/mol. The standard InChI is InChI=1S/C18H17F2N5/c19-15-10-14-16(11-17(15)24-8-6-21-7-9-24)22-12-23-18(14)25(20)13-4-2-1-3-5-13/h1-5,10-12,21H,6-9H2. The van der Waals surface area contributed by atoms with Gasteiger partial charge in [-0.2, -0.15) is 5.12 Å². The molecule has 7 heteroatoms. The van der Waals surface area contributed by atoms with Crippen molar-refractivity contribution in [2.24, 2.45) is 0 Å². The van der Waals surface area contributed by atoms with Gasteiger partial charge in [0.2, 0.25) is 0 Å². The number of piperazine rings is 1. The normalized spacial score (nSPS) is 14.7. The topological polar surface area (TPSA) is 44.3 Å². The Morgan fingerprint density at radius 2 is 1.80 bits per heavy atom. The van der Waals surface area contributed by atoms with Crippen molar-refractivity contribution in [2.45, 2.75) is 0 Å². The van der Waals surface area contributed by atoms with Crippen LogP contribution in [0.15, 0.2) is 48.8 Å². The molecule has 0 amide bonds. The fraction of sp³-hybridized carbons (Fsp3) is 0.222. The van der Waals surface area contributed by atoms with Gasteiger partial charge in [0.25, 0.3) is 0 Å². The highest BCUT2D eigenvalue weighted by atomic mass is 19.2. The molecule has 1 fully saturated rings. The molecule has 0 atom stereocenters.